The zero-order valence-electron chi connectivity index (χ0n) is 7.54. The molecule has 0 amide bonds. The zero-order chi connectivity index (χ0) is 10.7. The fraction of sp³-hybridized carbons (Fsp3) is 0. The molecule has 2 aromatic rings. The van der Waals surface area contributed by atoms with E-state index in [-0.39, 0.29) is 5.69 Å². The van der Waals surface area contributed by atoms with Crippen LogP contribution in [0.3, 0.4) is 0 Å². The maximum Gasteiger partial charge on any atom is 0.355 e. The Morgan fingerprint density at radius 3 is 2.73 bits per heavy atom. The molecule has 0 atom stereocenters. The van der Waals surface area contributed by atoms with Crippen LogP contribution in [-0.2, 0) is 0 Å². The third kappa shape index (κ3) is 2.29. The number of hydrogen-bond donors (Lipinski definition) is 2. The Labute approximate surface area is 89.4 Å². The Morgan fingerprint density at radius 1 is 1.40 bits per heavy atom. The lowest BCUT2D eigenvalue weighted by atomic mass is 10.4. The zero-order valence-corrected chi connectivity index (χ0v) is 8.36. The number of nitrogens with zero attached hydrogens (tertiary/aromatic N) is 2. The molecule has 0 saturated heterocycles. The molecule has 0 spiro atoms. The summed E-state index contributed by atoms with van der Waals surface area (Å²) < 4.78 is 0. The average Bonchev–Trinajstić information content (AvgIpc) is 2.68. The molecule has 0 fully saturated rings. The number of pyridine rings is 1. The van der Waals surface area contributed by atoms with E-state index in [0.717, 1.165) is 5.69 Å². The average molecular weight is 221 g/mol. The van der Waals surface area contributed by atoms with Crippen molar-refractivity contribution in [3.05, 3.63) is 35.6 Å². The van der Waals surface area contributed by atoms with Gasteiger partial charge >= 0.3 is 5.97 Å². The molecule has 2 N–H and O–H groups in total. The fourth-order valence-corrected chi connectivity index (χ4v) is 1.69. The molecule has 15 heavy (non-hydrogen) atoms. The highest BCUT2D eigenvalue weighted by Gasteiger charge is 2.08. The maximum atomic E-state index is 10.6. The van der Waals surface area contributed by atoms with E-state index in [1.165, 1.54) is 16.7 Å². The molecule has 6 heteroatoms. The molecule has 0 aliphatic rings. The Hall–Kier alpha value is -1.95. The predicted octanol–water partition coefficient (Wildman–Crippen LogP) is 1.98. The van der Waals surface area contributed by atoms with E-state index >= 15 is 0 Å². The number of thiazole rings is 1. The molecule has 2 aromatic heterocycles. The summed E-state index contributed by atoms with van der Waals surface area (Å²) >= 11 is 1.25. The van der Waals surface area contributed by atoms with Crippen LogP contribution in [0.1, 0.15) is 10.5 Å². The smallest absolute Gasteiger partial charge is 0.355 e. The Balaban J connectivity index is 2.15. The highest BCUT2D eigenvalue weighted by atomic mass is 32.1. The Kier molecular flexibility index (Phi) is 2.59. The van der Waals surface area contributed by atoms with Crippen molar-refractivity contribution in [3.8, 4) is 0 Å². The van der Waals surface area contributed by atoms with Gasteiger partial charge in [0.05, 0.1) is 0 Å². The first-order chi connectivity index (χ1) is 7.25. The van der Waals surface area contributed by atoms with Crippen molar-refractivity contribution >= 4 is 28.1 Å². The first kappa shape index (κ1) is 9.60. The van der Waals surface area contributed by atoms with Gasteiger partial charge < -0.3 is 10.4 Å². The summed E-state index contributed by atoms with van der Waals surface area (Å²) in [6.45, 7) is 0. The van der Waals surface area contributed by atoms with Gasteiger partial charge in [0, 0.05) is 23.5 Å². The van der Waals surface area contributed by atoms with Gasteiger partial charge in [-0.25, -0.2) is 9.78 Å². The number of rotatable bonds is 3. The van der Waals surface area contributed by atoms with Gasteiger partial charge in [-0.15, -0.1) is 11.3 Å². The highest BCUT2D eigenvalue weighted by molar-refractivity contribution is 7.14. The van der Waals surface area contributed by atoms with Crippen molar-refractivity contribution in [1.29, 1.82) is 0 Å². The topological polar surface area (TPSA) is 75.1 Å². The van der Waals surface area contributed by atoms with E-state index in [1.54, 1.807) is 24.5 Å². The highest BCUT2D eigenvalue weighted by Crippen LogP contribution is 2.19. The van der Waals surface area contributed by atoms with Crippen LogP contribution in [0.2, 0.25) is 0 Å². The number of anilines is 2. The van der Waals surface area contributed by atoms with E-state index in [1.807, 2.05) is 0 Å². The molecule has 2 heterocycles. The molecule has 0 aliphatic carbocycles. The van der Waals surface area contributed by atoms with Gasteiger partial charge in [0.1, 0.15) is 0 Å². The second kappa shape index (κ2) is 4.05. The second-order valence-electron chi connectivity index (χ2n) is 2.70. The van der Waals surface area contributed by atoms with Crippen LogP contribution in [-0.4, -0.2) is 21.0 Å². The molecule has 76 valence electrons. The molecular weight excluding hydrogens is 214 g/mol. The summed E-state index contributed by atoms with van der Waals surface area (Å²) in [5, 5.41) is 13.7. The molecule has 2 rings (SSSR count). The van der Waals surface area contributed by atoms with Gasteiger partial charge in [-0.2, -0.15) is 0 Å². The van der Waals surface area contributed by atoms with E-state index in [0.29, 0.717) is 5.13 Å². The first-order valence-corrected chi connectivity index (χ1v) is 4.99. The van der Waals surface area contributed by atoms with Crippen LogP contribution in [0, 0.1) is 0 Å². The third-order valence-corrected chi connectivity index (χ3v) is 2.41. The van der Waals surface area contributed by atoms with E-state index in [9.17, 15) is 4.79 Å². The molecule has 0 bridgehead atoms. The summed E-state index contributed by atoms with van der Waals surface area (Å²) in [7, 11) is 0. The minimum absolute atomic E-state index is 0.0524. The maximum absolute atomic E-state index is 10.6. The minimum atomic E-state index is -1.02. The largest absolute Gasteiger partial charge is 0.476 e. The number of aromatic carboxylic acids is 1. The van der Waals surface area contributed by atoms with Gasteiger partial charge in [0.2, 0.25) is 0 Å². The molecule has 0 radical (unpaired) electrons. The van der Waals surface area contributed by atoms with Gasteiger partial charge in [0.25, 0.3) is 0 Å². The molecule has 5 nitrogen and oxygen atoms in total. The summed E-state index contributed by atoms with van der Waals surface area (Å²) in [5.41, 5.74) is 0.882. The van der Waals surface area contributed by atoms with E-state index < -0.39 is 5.97 Å². The van der Waals surface area contributed by atoms with E-state index in [4.69, 9.17) is 5.11 Å². The van der Waals surface area contributed by atoms with Gasteiger partial charge in [0.15, 0.2) is 10.8 Å². The van der Waals surface area contributed by atoms with Crippen molar-refractivity contribution in [2.24, 2.45) is 0 Å². The summed E-state index contributed by atoms with van der Waals surface area (Å²) in [6.07, 6.45) is 3.29. The van der Waals surface area contributed by atoms with Crippen molar-refractivity contribution in [2.45, 2.75) is 0 Å². The van der Waals surface area contributed by atoms with Crippen molar-refractivity contribution in [1.82, 2.24) is 9.97 Å². The van der Waals surface area contributed by atoms with Gasteiger partial charge in [-0.05, 0) is 12.1 Å². The molecular formula is C9H7N3O2S. The van der Waals surface area contributed by atoms with Crippen molar-refractivity contribution < 1.29 is 9.90 Å². The predicted molar refractivity (Wildman–Crippen MR) is 56.6 cm³/mol. The molecule has 0 aliphatic heterocycles. The second-order valence-corrected chi connectivity index (χ2v) is 3.56. The molecule has 0 aromatic carbocycles. The molecule has 0 saturated carbocycles. The van der Waals surface area contributed by atoms with Crippen molar-refractivity contribution in [2.75, 3.05) is 5.32 Å². The number of hydrogen-bond acceptors (Lipinski definition) is 5. The lowest BCUT2D eigenvalue weighted by molar-refractivity contribution is 0.0691. The number of carboxylic acid groups (broad SMARTS) is 1. The van der Waals surface area contributed by atoms with Crippen LogP contribution >= 0.6 is 11.3 Å². The minimum Gasteiger partial charge on any atom is -0.476 e. The standard InChI is InChI=1S/C9H7N3O2S/c13-8(14)7-5-15-9(12-7)11-6-1-3-10-4-2-6/h1-5H,(H,13,14)(H,10,11,12). The first-order valence-electron chi connectivity index (χ1n) is 4.11. The van der Waals surface area contributed by atoms with E-state index in [2.05, 4.69) is 15.3 Å². The quantitative estimate of drug-likeness (QED) is 0.828. The van der Waals surface area contributed by atoms with Crippen LogP contribution in [0.5, 0.6) is 0 Å². The lowest BCUT2D eigenvalue weighted by Gasteiger charge is -1.99. The van der Waals surface area contributed by atoms with Crippen LogP contribution in [0.4, 0.5) is 10.8 Å². The number of nitrogens with one attached hydrogen (secondary N) is 1. The summed E-state index contributed by atoms with van der Waals surface area (Å²) in [5.74, 6) is -1.02. The SMILES string of the molecule is O=C(O)c1csc(Nc2ccncc2)n1. The normalized spacial score (nSPS) is 9.87. The number of aromatic nitrogens is 2. The van der Waals surface area contributed by atoms with Gasteiger partial charge in [-0.1, -0.05) is 0 Å². The third-order valence-electron chi connectivity index (χ3n) is 1.65. The number of carboxylic acids is 1. The van der Waals surface area contributed by atoms with Crippen LogP contribution in [0.25, 0.3) is 0 Å². The molecule has 0 unspecified atom stereocenters. The summed E-state index contributed by atoms with van der Waals surface area (Å²) in [4.78, 5) is 18.3. The van der Waals surface area contributed by atoms with Crippen LogP contribution < -0.4 is 5.32 Å². The number of carbonyl (C=O) groups is 1. The Morgan fingerprint density at radius 2 is 2.13 bits per heavy atom. The van der Waals surface area contributed by atoms with Crippen molar-refractivity contribution in [3.63, 3.8) is 0 Å². The Bertz CT molecular complexity index is 469. The fourth-order valence-electron chi connectivity index (χ4n) is 0.988. The van der Waals surface area contributed by atoms with Crippen LogP contribution in [0.15, 0.2) is 29.9 Å². The monoisotopic (exact) mass is 221 g/mol. The summed E-state index contributed by atoms with van der Waals surface area (Å²) in [6, 6.07) is 3.56. The lowest BCUT2D eigenvalue weighted by Crippen LogP contribution is -1.97. The van der Waals surface area contributed by atoms with Gasteiger partial charge in [-0.3, -0.25) is 4.98 Å².